The summed E-state index contributed by atoms with van der Waals surface area (Å²) in [6, 6.07) is 10.5. The zero-order valence-electron chi connectivity index (χ0n) is 17.8. The number of non-ortho nitro benzene ring substituents is 1. The van der Waals surface area contributed by atoms with Crippen molar-refractivity contribution in [2.45, 2.75) is 38.6 Å². The third-order valence-electron chi connectivity index (χ3n) is 6.22. The van der Waals surface area contributed by atoms with Gasteiger partial charge in [0.2, 0.25) is 0 Å². The van der Waals surface area contributed by atoms with Gasteiger partial charge in [-0.05, 0) is 43.9 Å². The number of rotatable bonds is 5. The molecule has 1 amide bonds. The summed E-state index contributed by atoms with van der Waals surface area (Å²) in [6.07, 6.45) is 4.80. The zero-order valence-corrected chi connectivity index (χ0v) is 17.8. The van der Waals surface area contributed by atoms with Crippen molar-refractivity contribution in [2.75, 3.05) is 42.5 Å². The fourth-order valence-corrected chi connectivity index (χ4v) is 4.44. The number of anilines is 2. The summed E-state index contributed by atoms with van der Waals surface area (Å²) in [7, 11) is 0. The molecule has 2 aromatic rings. The minimum Gasteiger partial charge on any atom is -0.352 e. The molecule has 4 rings (SSSR count). The number of nitro benzene ring substituents is 1. The molecule has 9 heteroatoms. The van der Waals surface area contributed by atoms with Gasteiger partial charge < -0.3 is 14.7 Å². The number of amides is 1. The van der Waals surface area contributed by atoms with E-state index in [-0.39, 0.29) is 11.6 Å². The number of hydrogen-bond donors (Lipinski definition) is 0. The van der Waals surface area contributed by atoms with Crippen molar-refractivity contribution < 1.29 is 9.72 Å². The Bertz CT molecular complexity index is 927. The van der Waals surface area contributed by atoms with Crippen LogP contribution in [0.5, 0.6) is 0 Å². The first-order valence-electron chi connectivity index (χ1n) is 11.0. The molecule has 164 valence electrons. The molecule has 1 aromatic carbocycles. The van der Waals surface area contributed by atoms with Gasteiger partial charge in [-0.25, -0.2) is 0 Å². The molecule has 2 aliphatic heterocycles. The van der Waals surface area contributed by atoms with Crippen molar-refractivity contribution in [2.24, 2.45) is 0 Å². The number of carbonyl (C=O) groups is 1. The third-order valence-corrected chi connectivity index (χ3v) is 6.22. The van der Waals surface area contributed by atoms with Crippen LogP contribution in [0.15, 0.2) is 36.4 Å². The van der Waals surface area contributed by atoms with Crippen LogP contribution >= 0.6 is 0 Å². The number of hydrogen-bond acceptors (Lipinski definition) is 7. The lowest BCUT2D eigenvalue weighted by Gasteiger charge is -2.37. The highest BCUT2D eigenvalue weighted by Crippen LogP contribution is 2.26. The average Bonchev–Trinajstić information content (AvgIpc) is 2.84. The molecule has 0 bridgehead atoms. The summed E-state index contributed by atoms with van der Waals surface area (Å²) in [5.41, 5.74) is 0.276. The van der Waals surface area contributed by atoms with Crippen molar-refractivity contribution >= 4 is 23.2 Å². The number of nitrogens with zero attached hydrogens (tertiary/aromatic N) is 6. The molecule has 9 nitrogen and oxygen atoms in total. The Balaban J connectivity index is 1.37. The first kappa shape index (κ1) is 21.0. The molecular formula is C22H28N6O3. The Labute approximate surface area is 181 Å². The van der Waals surface area contributed by atoms with Crippen LogP contribution in [0.25, 0.3) is 0 Å². The molecule has 0 N–H and O–H groups in total. The fraction of sp³-hybridized carbons (Fsp3) is 0.500. The molecule has 1 atom stereocenters. The predicted molar refractivity (Wildman–Crippen MR) is 119 cm³/mol. The summed E-state index contributed by atoms with van der Waals surface area (Å²) in [5, 5.41) is 19.9. The van der Waals surface area contributed by atoms with Crippen LogP contribution in [-0.4, -0.2) is 64.7 Å². The first-order chi connectivity index (χ1) is 15.1. The third kappa shape index (κ3) is 4.60. The highest BCUT2D eigenvalue weighted by molar-refractivity contribution is 5.95. The summed E-state index contributed by atoms with van der Waals surface area (Å²) >= 11 is 0. The van der Waals surface area contributed by atoms with E-state index in [0.29, 0.717) is 37.8 Å². The minimum absolute atomic E-state index is 0.0705. The van der Waals surface area contributed by atoms with Crippen LogP contribution in [0.1, 0.15) is 43.0 Å². The lowest BCUT2D eigenvalue weighted by Crippen LogP contribution is -2.49. The highest BCUT2D eigenvalue weighted by atomic mass is 16.6. The maximum absolute atomic E-state index is 12.7. The standard InChI is InChI=1S/C22H28N6O3/c1-2-18-7-3-4-11-27(18)21-10-9-20(23-24-21)25-12-14-26(15-13-25)22(29)17-6-5-8-19(16-17)28(30)31/h5-6,8-10,16,18H,2-4,7,11-15H2,1H3. The van der Waals surface area contributed by atoms with Crippen molar-refractivity contribution in [3.8, 4) is 0 Å². The molecular weight excluding hydrogens is 396 g/mol. The smallest absolute Gasteiger partial charge is 0.270 e. The quantitative estimate of drug-likeness (QED) is 0.537. The molecule has 2 fully saturated rings. The molecule has 0 aliphatic carbocycles. The number of nitro groups is 1. The summed E-state index contributed by atoms with van der Waals surface area (Å²) in [4.78, 5) is 29.5. The number of piperidine rings is 1. The Hall–Kier alpha value is -3.23. The molecule has 0 spiro atoms. The molecule has 2 saturated heterocycles. The monoisotopic (exact) mass is 424 g/mol. The maximum Gasteiger partial charge on any atom is 0.270 e. The van der Waals surface area contributed by atoms with E-state index in [0.717, 1.165) is 24.6 Å². The van der Waals surface area contributed by atoms with Gasteiger partial charge in [0.05, 0.1) is 4.92 Å². The van der Waals surface area contributed by atoms with Gasteiger partial charge in [0, 0.05) is 56.5 Å². The lowest BCUT2D eigenvalue weighted by atomic mass is 10.0. The molecule has 3 heterocycles. The van der Waals surface area contributed by atoms with E-state index in [4.69, 9.17) is 0 Å². The van der Waals surface area contributed by atoms with Gasteiger partial charge >= 0.3 is 0 Å². The molecule has 31 heavy (non-hydrogen) atoms. The number of aromatic nitrogens is 2. The normalized spacial score (nSPS) is 19.4. The summed E-state index contributed by atoms with van der Waals surface area (Å²) in [6.45, 7) is 5.63. The summed E-state index contributed by atoms with van der Waals surface area (Å²) in [5.74, 6) is 1.58. The second-order valence-electron chi connectivity index (χ2n) is 8.09. The van der Waals surface area contributed by atoms with Crippen LogP contribution in [0, 0.1) is 10.1 Å². The van der Waals surface area contributed by atoms with Crippen molar-refractivity contribution in [1.82, 2.24) is 15.1 Å². The molecule has 1 unspecified atom stereocenters. The summed E-state index contributed by atoms with van der Waals surface area (Å²) < 4.78 is 0. The van der Waals surface area contributed by atoms with Crippen molar-refractivity contribution in [3.63, 3.8) is 0 Å². The Morgan fingerprint density at radius 2 is 1.81 bits per heavy atom. The van der Waals surface area contributed by atoms with E-state index in [1.807, 2.05) is 6.07 Å². The first-order valence-corrected chi connectivity index (χ1v) is 11.0. The van der Waals surface area contributed by atoms with E-state index in [1.165, 1.54) is 31.4 Å². The van der Waals surface area contributed by atoms with Crippen molar-refractivity contribution in [3.05, 3.63) is 52.1 Å². The average molecular weight is 425 g/mol. The van der Waals surface area contributed by atoms with Gasteiger partial charge in [-0.2, -0.15) is 0 Å². The van der Waals surface area contributed by atoms with Gasteiger partial charge in [0.25, 0.3) is 11.6 Å². The van der Waals surface area contributed by atoms with Gasteiger partial charge in [-0.3, -0.25) is 14.9 Å². The van der Waals surface area contributed by atoms with Gasteiger partial charge in [-0.15, -0.1) is 10.2 Å². The van der Waals surface area contributed by atoms with Crippen LogP contribution in [-0.2, 0) is 0 Å². The Morgan fingerprint density at radius 1 is 1.06 bits per heavy atom. The Morgan fingerprint density at radius 3 is 2.48 bits per heavy atom. The predicted octanol–water partition coefficient (Wildman–Crippen LogP) is 3.12. The zero-order chi connectivity index (χ0) is 21.8. The topological polar surface area (TPSA) is 95.7 Å². The molecule has 0 saturated carbocycles. The molecule has 2 aliphatic rings. The Kier molecular flexibility index (Phi) is 6.29. The van der Waals surface area contributed by atoms with E-state index >= 15 is 0 Å². The fourth-order valence-electron chi connectivity index (χ4n) is 4.44. The molecule has 1 aromatic heterocycles. The molecule has 0 radical (unpaired) electrons. The largest absolute Gasteiger partial charge is 0.352 e. The van der Waals surface area contributed by atoms with Crippen LogP contribution in [0.4, 0.5) is 17.3 Å². The number of benzene rings is 1. The second kappa shape index (κ2) is 9.28. The lowest BCUT2D eigenvalue weighted by molar-refractivity contribution is -0.384. The highest BCUT2D eigenvalue weighted by Gasteiger charge is 2.25. The van der Waals surface area contributed by atoms with Gasteiger partial charge in [-0.1, -0.05) is 13.0 Å². The van der Waals surface area contributed by atoms with E-state index < -0.39 is 4.92 Å². The SMILES string of the molecule is CCC1CCCCN1c1ccc(N2CCN(C(=O)c3cccc([N+](=O)[O-])c3)CC2)nn1. The number of piperazine rings is 1. The van der Waals surface area contributed by atoms with Crippen LogP contribution in [0.2, 0.25) is 0 Å². The second-order valence-corrected chi connectivity index (χ2v) is 8.09. The maximum atomic E-state index is 12.7. The van der Waals surface area contributed by atoms with E-state index in [2.05, 4.69) is 33.0 Å². The van der Waals surface area contributed by atoms with Crippen LogP contribution < -0.4 is 9.80 Å². The van der Waals surface area contributed by atoms with Gasteiger partial charge in [0.15, 0.2) is 11.6 Å². The van der Waals surface area contributed by atoms with Gasteiger partial charge in [0.1, 0.15) is 0 Å². The van der Waals surface area contributed by atoms with Crippen LogP contribution in [0.3, 0.4) is 0 Å². The minimum atomic E-state index is -0.482. The van der Waals surface area contributed by atoms with Crippen molar-refractivity contribution in [1.29, 1.82) is 0 Å². The van der Waals surface area contributed by atoms with E-state index in [9.17, 15) is 14.9 Å². The van der Waals surface area contributed by atoms with E-state index in [1.54, 1.807) is 17.0 Å². The number of carbonyl (C=O) groups excluding carboxylic acids is 1.